The molecular formula is C12H14BrN5O2S. The minimum Gasteiger partial charge on any atom is -0.398 e. The number of sulfone groups is 1. The fourth-order valence-corrected chi connectivity index (χ4v) is 4.74. The van der Waals surface area contributed by atoms with Gasteiger partial charge in [0.15, 0.2) is 15.7 Å². The molecule has 1 aromatic heterocycles. The molecular weight excluding hydrogens is 358 g/mol. The van der Waals surface area contributed by atoms with Gasteiger partial charge in [0.05, 0.1) is 22.0 Å². The summed E-state index contributed by atoms with van der Waals surface area (Å²) in [6, 6.07) is 5.41. The van der Waals surface area contributed by atoms with Crippen molar-refractivity contribution < 1.29 is 8.42 Å². The minimum absolute atomic E-state index is 0.247. The number of benzene rings is 1. The van der Waals surface area contributed by atoms with Crippen molar-refractivity contribution in [3.8, 4) is 11.4 Å². The second kappa shape index (κ2) is 5.38. The highest BCUT2D eigenvalue weighted by Gasteiger charge is 2.32. The van der Waals surface area contributed by atoms with E-state index in [0.29, 0.717) is 28.8 Å². The molecule has 1 aromatic carbocycles. The number of rotatable bonds is 3. The summed E-state index contributed by atoms with van der Waals surface area (Å²) in [6.07, 6.45) is 1.35. The molecule has 1 saturated heterocycles. The lowest BCUT2D eigenvalue weighted by Gasteiger charge is -2.11. The fraction of sp³-hybridized carbons (Fsp3) is 0.417. The van der Waals surface area contributed by atoms with Crippen LogP contribution in [0.1, 0.15) is 12.8 Å². The number of aromatic nitrogens is 4. The number of nitrogens with zero attached hydrogens (tertiary/aromatic N) is 4. The number of hydrogen-bond donors (Lipinski definition) is 1. The monoisotopic (exact) mass is 371 g/mol. The van der Waals surface area contributed by atoms with Gasteiger partial charge in [-0.15, -0.1) is 5.10 Å². The first-order chi connectivity index (χ1) is 9.99. The van der Waals surface area contributed by atoms with Gasteiger partial charge in [-0.2, -0.15) is 0 Å². The molecule has 1 atom stereocenters. The third kappa shape index (κ3) is 2.67. The maximum atomic E-state index is 11.9. The van der Waals surface area contributed by atoms with E-state index in [4.69, 9.17) is 5.73 Å². The molecule has 21 heavy (non-hydrogen) atoms. The molecule has 3 rings (SSSR count). The predicted octanol–water partition coefficient (Wildman–Crippen LogP) is 1.26. The van der Waals surface area contributed by atoms with E-state index in [2.05, 4.69) is 31.5 Å². The van der Waals surface area contributed by atoms with Crippen molar-refractivity contribution in [1.29, 1.82) is 0 Å². The maximum Gasteiger partial charge on any atom is 0.183 e. The quantitative estimate of drug-likeness (QED) is 0.814. The van der Waals surface area contributed by atoms with E-state index in [-0.39, 0.29) is 12.3 Å². The first-order valence-electron chi connectivity index (χ1n) is 6.51. The number of nitrogen functional groups attached to an aromatic ring is 1. The Kier molecular flexibility index (Phi) is 3.70. The van der Waals surface area contributed by atoms with Gasteiger partial charge in [-0.1, -0.05) is 6.07 Å². The first kappa shape index (κ1) is 14.5. The van der Waals surface area contributed by atoms with Crippen molar-refractivity contribution in [2.45, 2.75) is 24.6 Å². The van der Waals surface area contributed by atoms with Crippen LogP contribution in [0.4, 0.5) is 5.69 Å². The zero-order valence-electron chi connectivity index (χ0n) is 11.1. The van der Waals surface area contributed by atoms with E-state index in [1.165, 1.54) is 4.68 Å². The highest BCUT2D eigenvalue weighted by atomic mass is 79.9. The Morgan fingerprint density at radius 2 is 2.24 bits per heavy atom. The number of nitrogens with two attached hydrogens (primary N) is 1. The molecule has 1 aliphatic heterocycles. The highest BCUT2D eigenvalue weighted by molar-refractivity contribution is 9.10. The lowest BCUT2D eigenvalue weighted by atomic mass is 10.2. The van der Waals surface area contributed by atoms with E-state index in [1.807, 2.05) is 6.07 Å². The summed E-state index contributed by atoms with van der Waals surface area (Å²) < 4.78 is 26.1. The average Bonchev–Trinajstić information content (AvgIpc) is 3.01. The van der Waals surface area contributed by atoms with Crippen LogP contribution in [0, 0.1) is 0 Å². The summed E-state index contributed by atoms with van der Waals surface area (Å²) in [7, 11) is -3.03. The molecule has 2 aromatic rings. The average molecular weight is 372 g/mol. The Balaban J connectivity index is 1.96. The maximum absolute atomic E-state index is 11.9. The molecule has 2 heterocycles. The number of anilines is 1. The van der Waals surface area contributed by atoms with E-state index < -0.39 is 15.1 Å². The van der Waals surface area contributed by atoms with Crippen molar-refractivity contribution in [3.63, 3.8) is 0 Å². The Labute approximate surface area is 130 Å². The largest absolute Gasteiger partial charge is 0.398 e. The second-order valence-corrected chi connectivity index (χ2v) is 8.22. The molecule has 0 saturated carbocycles. The summed E-state index contributed by atoms with van der Waals surface area (Å²) in [6.45, 7) is 0.270. The van der Waals surface area contributed by atoms with Crippen LogP contribution >= 0.6 is 15.9 Å². The van der Waals surface area contributed by atoms with Gasteiger partial charge in [-0.25, -0.2) is 13.1 Å². The topological polar surface area (TPSA) is 104 Å². The van der Waals surface area contributed by atoms with E-state index in [1.54, 1.807) is 12.1 Å². The fourth-order valence-electron chi connectivity index (χ4n) is 2.50. The van der Waals surface area contributed by atoms with Gasteiger partial charge < -0.3 is 5.73 Å². The van der Waals surface area contributed by atoms with E-state index in [9.17, 15) is 8.42 Å². The molecule has 0 amide bonds. The van der Waals surface area contributed by atoms with Gasteiger partial charge in [0.1, 0.15) is 0 Å². The van der Waals surface area contributed by atoms with Crippen LogP contribution in [0.25, 0.3) is 11.4 Å². The van der Waals surface area contributed by atoms with Gasteiger partial charge in [0.25, 0.3) is 0 Å². The van der Waals surface area contributed by atoms with E-state index in [0.717, 1.165) is 5.56 Å². The zero-order chi connectivity index (χ0) is 15.0. The third-order valence-electron chi connectivity index (χ3n) is 3.64. The first-order valence-corrected chi connectivity index (χ1v) is 9.02. The molecule has 0 aliphatic carbocycles. The number of halogens is 1. The molecule has 1 unspecified atom stereocenters. The second-order valence-electron chi connectivity index (χ2n) is 5.02. The van der Waals surface area contributed by atoms with Crippen LogP contribution in [-0.4, -0.2) is 39.6 Å². The Bertz CT molecular complexity index is 774. The molecule has 112 valence electrons. The Morgan fingerprint density at radius 1 is 1.43 bits per heavy atom. The molecule has 9 heteroatoms. The third-order valence-corrected chi connectivity index (χ3v) is 6.78. The lowest BCUT2D eigenvalue weighted by Crippen LogP contribution is -2.23. The minimum atomic E-state index is -3.03. The van der Waals surface area contributed by atoms with Crippen LogP contribution in [0.3, 0.4) is 0 Å². The number of hydrogen-bond acceptors (Lipinski definition) is 6. The van der Waals surface area contributed by atoms with Crippen LogP contribution < -0.4 is 5.73 Å². The smallest absolute Gasteiger partial charge is 0.183 e. The molecule has 7 nitrogen and oxygen atoms in total. The van der Waals surface area contributed by atoms with Gasteiger partial charge in [0, 0.05) is 11.3 Å². The van der Waals surface area contributed by atoms with Gasteiger partial charge >= 0.3 is 0 Å². The summed E-state index contributed by atoms with van der Waals surface area (Å²) >= 11 is 3.42. The van der Waals surface area contributed by atoms with Crippen molar-refractivity contribution in [3.05, 3.63) is 22.7 Å². The summed E-state index contributed by atoms with van der Waals surface area (Å²) in [5.41, 5.74) is 7.19. The predicted molar refractivity (Wildman–Crippen MR) is 82.2 cm³/mol. The Morgan fingerprint density at radius 3 is 2.95 bits per heavy atom. The summed E-state index contributed by atoms with van der Waals surface area (Å²) in [5.74, 6) is 0.758. The molecule has 0 radical (unpaired) electrons. The van der Waals surface area contributed by atoms with E-state index >= 15 is 0 Å². The molecule has 2 N–H and O–H groups in total. The van der Waals surface area contributed by atoms with Crippen molar-refractivity contribution >= 4 is 31.5 Å². The standard InChI is InChI=1S/C12H14BrN5O2S/c13-11-9(4-1-5-10(11)14)12-15-16-17-18(12)7-8-3-2-6-21(8,19)20/h1,4-5,8H,2-3,6-7,14H2. The van der Waals surface area contributed by atoms with Gasteiger partial charge in [-0.3, -0.25) is 0 Å². The van der Waals surface area contributed by atoms with Crippen molar-refractivity contribution in [2.24, 2.45) is 0 Å². The number of tetrazole rings is 1. The van der Waals surface area contributed by atoms with Crippen molar-refractivity contribution in [2.75, 3.05) is 11.5 Å². The van der Waals surface area contributed by atoms with Crippen LogP contribution in [0.2, 0.25) is 0 Å². The highest BCUT2D eigenvalue weighted by Crippen LogP contribution is 2.31. The molecule has 0 bridgehead atoms. The van der Waals surface area contributed by atoms with Crippen LogP contribution in [0.5, 0.6) is 0 Å². The van der Waals surface area contributed by atoms with Crippen molar-refractivity contribution in [1.82, 2.24) is 20.2 Å². The molecule has 0 spiro atoms. The van der Waals surface area contributed by atoms with Crippen LogP contribution in [0.15, 0.2) is 22.7 Å². The molecule has 1 aliphatic rings. The summed E-state index contributed by atoms with van der Waals surface area (Å²) in [5, 5.41) is 11.2. The zero-order valence-corrected chi connectivity index (χ0v) is 13.5. The summed E-state index contributed by atoms with van der Waals surface area (Å²) in [4.78, 5) is 0. The van der Waals surface area contributed by atoms with Crippen LogP contribution in [-0.2, 0) is 16.4 Å². The molecule has 1 fully saturated rings. The van der Waals surface area contributed by atoms with Gasteiger partial charge in [-0.05, 0) is 51.3 Å². The lowest BCUT2D eigenvalue weighted by molar-refractivity contribution is 0.534. The Hall–Kier alpha value is -1.48. The normalized spacial score (nSPS) is 20.7. The SMILES string of the molecule is Nc1cccc(-c2nnnn2CC2CCCS2(=O)=O)c1Br. The van der Waals surface area contributed by atoms with Gasteiger partial charge in [0.2, 0.25) is 0 Å².